The molecule has 112 valence electrons. The number of pyridine rings is 1. The van der Waals surface area contributed by atoms with E-state index in [4.69, 9.17) is 4.74 Å². The largest absolute Gasteiger partial charge is 0.494 e. The molecule has 0 amide bonds. The lowest BCUT2D eigenvalue weighted by Gasteiger charge is -2.18. The van der Waals surface area contributed by atoms with Gasteiger partial charge in [-0.2, -0.15) is 0 Å². The first-order valence-electron chi connectivity index (χ1n) is 6.98. The summed E-state index contributed by atoms with van der Waals surface area (Å²) in [5, 5.41) is 3.26. The minimum atomic E-state index is -0.335. The van der Waals surface area contributed by atoms with Crippen molar-refractivity contribution in [3.05, 3.63) is 58.7 Å². The average molecular weight is 288 g/mol. The van der Waals surface area contributed by atoms with Crippen LogP contribution in [0.3, 0.4) is 0 Å². The van der Waals surface area contributed by atoms with Crippen LogP contribution in [0.4, 0.5) is 4.39 Å². The van der Waals surface area contributed by atoms with E-state index in [9.17, 15) is 4.39 Å². The zero-order valence-electron chi connectivity index (χ0n) is 12.9. The molecule has 1 unspecified atom stereocenters. The molecule has 1 heterocycles. The van der Waals surface area contributed by atoms with E-state index in [-0.39, 0.29) is 17.6 Å². The van der Waals surface area contributed by atoms with Crippen molar-refractivity contribution in [1.82, 2.24) is 10.3 Å². The van der Waals surface area contributed by atoms with Crippen LogP contribution in [0.15, 0.2) is 30.5 Å². The van der Waals surface area contributed by atoms with Crippen molar-refractivity contribution in [2.45, 2.75) is 26.3 Å². The van der Waals surface area contributed by atoms with Gasteiger partial charge in [-0.25, -0.2) is 4.39 Å². The molecule has 1 N–H and O–H groups in total. The van der Waals surface area contributed by atoms with Crippen LogP contribution in [-0.4, -0.2) is 19.1 Å². The topological polar surface area (TPSA) is 34.1 Å². The molecule has 0 bridgehead atoms. The summed E-state index contributed by atoms with van der Waals surface area (Å²) in [6.07, 6.45) is 2.54. The SMILES string of the molecule is CNC(Cc1ccc(OC)c(F)c1)c1ncc(C)cc1C. The van der Waals surface area contributed by atoms with Gasteiger partial charge in [0, 0.05) is 6.20 Å². The molecule has 0 aliphatic carbocycles. The molecule has 0 aliphatic rings. The molecule has 0 radical (unpaired) electrons. The molecular weight excluding hydrogens is 267 g/mol. The van der Waals surface area contributed by atoms with Crippen LogP contribution >= 0.6 is 0 Å². The Morgan fingerprint density at radius 1 is 1.29 bits per heavy atom. The lowest BCUT2D eigenvalue weighted by Crippen LogP contribution is -2.21. The highest BCUT2D eigenvalue weighted by Crippen LogP contribution is 2.23. The molecule has 4 heteroatoms. The zero-order chi connectivity index (χ0) is 15.4. The summed E-state index contributed by atoms with van der Waals surface area (Å²) in [5.74, 6) is -0.0668. The van der Waals surface area contributed by atoms with Crippen molar-refractivity contribution in [1.29, 1.82) is 0 Å². The highest BCUT2D eigenvalue weighted by Gasteiger charge is 2.15. The Morgan fingerprint density at radius 3 is 2.62 bits per heavy atom. The van der Waals surface area contributed by atoms with Crippen LogP contribution in [0, 0.1) is 19.7 Å². The second-order valence-corrected chi connectivity index (χ2v) is 5.23. The quantitative estimate of drug-likeness (QED) is 0.916. The van der Waals surface area contributed by atoms with E-state index in [1.165, 1.54) is 13.2 Å². The maximum atomic E-state index is 13.8. The van der Waals surface area contributed by atoms with Gasteiger partial charge in [0.05, 0.1) is 18.8 Å². The number of nitrogens with one attached hydrogen (secondary N) is 1. The van der Waals surface area contributed by atoms with Crippen LogP contribution in [0.5, 0.6) is 5.75 Å². The smallest absolute Gasteiger partial charge is 0.165 e. The van der Waals surface area contributed by atoms with Crippen molar-refractivity contribution in [2.24, 2.45) is 0 Å². The Bertz CT molecular complexity index is 628. The van der Waals surface area contributed by atoms with Crippen molar-refractivity contribution in [3.8, 4) is 5.75 Å². The molecule has 0 spiro atoms. The summed E-state index contributed by atoms with van der Waals surface area (Å²) in [6, 6.07) is 7.23. The Labute approximate surface area is 125 Å². The number of aryl methyl sites for hydroxylation is 2. The molecule has 2 aromatic rings. The van der Waals surface area contributed by atoms with E-state index < -0.39 is 0 Å². The van der Waals surface area contributed by atoms with E-state index in [0.717, 1.165) is 22.4 Å². The third-order valence-electron chi connectivity index (χ3n) is 3.59. The summed E-state index contributed by atoms with van der Waals surface area (Å²) in [5.41, 5.74) is 4.19. The van der Waals surface area contributed by atoms with Gasteiger partial charge in [-0.1, -0.05) is 12.1 Å². The number of hydrogen-bond acceptors (Lipinski definition) is 3. The minimum Gasteiger partial charge on any atom is -0.494 e. The maximum absolute atomic E-state index is 13.8. The Hall–Kier alpha value is -1.94. The van der Waals surface area contributed by atoms with Crippen molar-refractivity contribution in [3.63, 3.8) is 0 Å². The molecule has 1 aromatic carbocycles. The number of rotatable bonds is 5. The van der Waals surface area contributed by atoms with Crippen LogP contribution < -0.4 is 10.1 Å². The molecule has 0 aliphatic heterocycles. The number of methoxy groups -OCH3 is 1. The van der Waals surface area contributed by atoms with Gasteiger partial charge in [-0.05, 0) is 56.1 Å². The molecule has 0 fully saturated rings. The Balaban J connectivity index is 2.24. The standard InChI is InChI=1S/C17H21FN2O/c1-11-7-12(2)17(20-10-11)15(19-3)9-13-5-6-16(21-4)14(18)8-13/h5-8,10,15,19H,9H2,1-4H3. The number of aromatic nitrogens is 1. The zero-order valence-corrected chi connectivity index (χ0v) is 12.9. The normalized spacial score (nSPS) is 12.2. The number of ether oxygens (including phenoxy) is 1. The van der Waals surface area contributed by atoms with E-state index in [1.54, 1.807) is 6.07 Å². The fraction of sp³-hybridized carbons (Fsp3) is 0.353. The molecule has 2 rings (SSSR count). The predicted octanol–water partition coefficient (Wildman–Crippen LogP) is 3.35. The molecular formula is C17H21FN2O. The van der Waals surface area contributed by atoms with Crippen LogP contribution in [-0.2, 0) is 6.42 Å². The number of hydrogen-bond donors (Lipinski definition) is 1. The third kappa shape index (κ3) is 3.58. The van der Waals surface area contributed by atoms with Crippen LogP contribution in [0.2, 0.25) is 0 Å². The summed E-state index contributed by atoms with van der Waals surface area (Å²) < 4.78 is 18.7. The monoisotopic (exact) mass is 288 g/mol. The lowest BCUT2D eigenvalue weighted by molar-refractivity contribution is 0.386. The van der Waals surface area contributed by atoms with Gasteiger partial charge in [-0.3, -0.25) is 4.98 Å². The van der Waals surface area contributed by atoms with E-state index in [2.05, 4.69) is 16.4 Å². The van der Waals surface area contributed by atoms with E-state index in [0.29, 0.717) is 6.42 Å². The van der Waals surface area contributed by atoms with E-state index in [1.807, 2.05) is 33.2 Å². The molecule has 0 saturated heterocycles. The first-order valence-corrected chi connectivity index (χ1v) is 6.98. The molecule has 0 saturated carbocycles. The van der Waals surface area contributed by atoms with Crippen LogP contribution in [0.1, 0.15) is 28.4 Å². The van der Waals surface area contributed by atoms with Gasteiger partial charge in [0.2, 0.25) is 0 Å². The first-order chi connectivity index (χ1) is 10.0. The van der Waals surface area contributed by atoms with Crippen molar-refractivity contribution < 1.29 is 9.13 Å². The molecule has 3 nitrogen and oxygen atoms in total. The number of benzene rings is 1. The van der Waals surface area contributed by atoms with Gasteiger partial charge in [0.15, 0.2) is 11.6 Å². The van der Waals surface area contributed by atoms with Gasteiger partial charge < -0.3 is 10.1 Å². The van der Waals surface area contributed by atoms with E-state index >= 15 is 0 Å². The fourth-order valence-electron chi connectivity index (χ4n) is 2.50. The molecule has 1 aromatic heterocycles. The second kappa shape index (κ2) is 6.68. The number of nitrogens with zero attached hydrogens (tertiary/aromatic N) is 1. The number of likely N-dealkylation sites (N-methyl/N-ethyl adjacent to an activating group) is 1. The van der Waals surface area contributed by atoms with Gasteiger partial charge in [0.25, 0.3) is 0 Å². The highest BCUT2D eigenvalue weighted by atomic mass is 19.1. The molecule has 1 atom stereocenters. The van der Waals surface area contributed by atoms with Crippen molar-refractivity contribution in [2.75, 3.05) is 14.2 Å². The minimum absolute atomic E-state index is 0.0541. The first kappa shape index (κ1) is 15.4. The second-order valence-electron chi connectivity index (χ2n) is 5.23. The van der Waals surface area contributed by atoms with Gasteiger partial charge in [-0.15, -0.1) is 0 Å². The summed E-state index contributed by atoms with van der Waals surface area (Å²) in [4.78, 5) is 4.52. The highest BCUT2D eigenvalue weighted by molar-refractivity contribution is 5.32. The Morgan fingerprint density at radius 2 is 2.05 bits per heavy atom. The average Bonchev–Trinajstić information content (AvgIpc) is 2.45. The van der Waals surface area contributed by atoms with Gasteiger partial charge in [0.1, 0.15) is 0 Å². The summed E-state index contributed by atoms with van der Waals surface area (Å²) in [6.45, 7) is 4.07. The van der Waals surface area contributed by atoms with Crippen molar-refractivity contribution >= 4 is 0 Å². The van der Waals surface area contributed by atoms with Crippen LogP contribution in [0.25, 0.3) is 0 Å². The lowest BCUT2D eigenvalue weighted by atomic mass is 9.99. The third-order valence-corrected chi connectivity index (χ3v) is 3.59. The maximum Gasteiger partial charge on any atom is 0.165 e. The molecule has 21 heavy (non-hydrogen) atoms. The summed E-state index contributed by atoms with van der Waals surface area (Å²) >= 11 is 0. The number of halogens is 1. The predicted molar refractivity (Wildman–Crippen MR) is 82.2 cm³/mol. The fourth-order valence-corrected chi connectivity index (χ4v) is 2.50. The summed E-state index contributed by atoms with van der Waals surface area (Å²) in [7, 11) is 3.36. The Kier molecular flexibility index (Phi) is 4.91. The van der Waals surface area contributed by atoms with Gasteiger partial charge >= 0.3 is 0 Å².